The average molecular weight is 561 g/mol. The van der Waals surface area contributed by atoms with Gasteiger partial charge in [-0.2, -0.15) is 0 Å². The van der Waals surface area contributed by atoms with Gasteiger partial charge in [0.15, 0.2) is 0 Å². The minimum absolute atomic E-state index is 0.0245. The Balaban J connectivity index is 1.25. The number of hydrogen-bond donors (Lipinski definition) is 2. The standard InChI is InChI=1S/C31H52N4O5/c1-28(2,3)40-27(38)35(17-20-12-29(4,5)33-30(6,7)13-20)23-8-9-34(18-23)26(37)39-24-21-10-19-11-22(24)16-31(14-19,15-21)25(32)36/h19-24,33H,8-18H2,1-7H3,(H2,32,36)/t19?,21?,22?,23-,24?,31?/m1/s1. The Morgan fingerprint density at radius 2 is 1.57 bits per heavy atom. The Morgan fingerprint density at radius 1 is 0.975 bits per heavy atom. The SMILES string of the molecule is CC1(C)CC(CN(C(=O)OC(C)(C)C)[C@@H]2CCN(C(=O)OC3C4CC5CC3CC(C(N)=O)(C5)C4)C2)CC(C)(C)N1. The number of piperidine rings is 1. The van der Waals surface area contributed by atoms with Crippen molar-refractivity contribution in [2.24, 2.45) is 34.8 Å². The van der Waals surface area contributed by atoms with Crippen LogP contribution in [-0.2, 0) is 14.3 Å². The fourth-order valence-electron chi connectivity index (χ4n) is 9.46. The Morgan fingerprint density at radius 3 is 2.12 bits per heavy atom. The van der Waals surface area contributed by atoms with E-state index in [9.17, 15) is 14.4 Å². The highest BCUT2D eigenvalue weighted by Crippen LogP contribution is 2.60. The number of rotatable bonds is 5. The number of ether oxygens (including phenoxy) is 2. The van der Waals surface area contributed by atoms with Gasteiger partial charge in [0.1, 0.15) is 11.7 Å². The van der Waals surface area contributed by atoms with E-state index in [4.69, 9.17) is 15.2 Å². The summed E-state index contributed by atoms with van der Waals surface area (Å²) in [7, 11) is 0. The van der Waals surface area contributed by atoms with Crippen molar-refractivity contribution in [2.75, 3.05) is 19.6 Å². The summed E-state index contributed by atoms with van der Waals surface area (Å²) in [5, 5.41) is 3.73. The lowest BCUT2D eigenvalue weighted by Gasteiger charge is -2.58. The zero-order valence-corrected chi connectivity index (χ0v) is 25.8. The molecule has 4 saturated carbocycles. The first-order valence-electron chi connectivity index (χ1n) is 15.5. The first kappa shape index (κ1) is 29.5. The molecule has 0 aromatic carbocycles. The van der Waals surface area contributed by atoms with Crippen molar-refractivity contribution in [3.63, 3.8) is 0 Å². The highest BCUT2D eigenvalue weighted by atomic mass is 16.6. The van der Waals surface area contributed by atoms with Gasteiger partial charge in [-0.15, -0.1) is 0 Å². The number of primary amides is 1. The van der Waals surface area contributed by atoms with Crippen LogP contribution in [0, 0.1) is 29.1 Å². The normalized spacial score (nSPS) is 36.4. The molecular formula is C31H52N4O5. The van der Waals surface area contributed by atoms with Gasteiger partial charge in [0.2, 0.25) is 5.91 Å². The van der Waals surface area contributed by atoms with Crippen LogP contribution in [-0.4, -0.2) is 76.4 Å². The number of nitrogens with one attached hydrogen (secondary N) is 1. The summed E-state index contributed by atoms with van der Waals surface area (Å²) in [6.07, 6.45) is 6.31. The molecule has 2 aliphatic heterocycles. The topological polar surface area (TPSA) is 114 Å². The number of nitrogens with zero attached hydrogens (tertiary/aromatic N) is 2. The summed E-state index contributed by atoms with van der Waals surface area (Å²) in [5.41, 5.74) is 4.80. The Labute approximate surface area is 240 Å². The van der Waals surface area contributed by atoms with Gasteiger partial charge in [0, 0.05) is 30.7 Å². The fraction of sp³-hybridized carbons (Fsp3) is 0.903. The third kappa shape index (κ3) is 6.09. The maximum absolute atomic E-state index is 13.5. The van der Waals surface area contributed by atoms with Gasteiger partial charge in [0.05, 0.1) is 11.5 Å². The maximum atomic E-state index is 13.5. The molecule has 0 aromatic rings. The van der Waals surface area contributed by atoms with Crippen molar-refractivity contribution >= 4 is 18.1 Å². The number of likely N-dealkylation sites (tertiary alicyclic amines) is 1. The number of hydrogen-bond acceptors (Lipinski definition) is 6. The lowest BCUT2D eigenvalue weighted by molar-refractivity contribution is -0.161. The van der Waals surface area contributed by atoms with Gasteiger partial charge in [-0.1, -0.05) is 0 Å². The molecule has 2 saturated heterocycles. The Kier molecular flexibility index (Phi) is 7.41. The van der Waals surface area contributed by atoms with Crippen LogP contribution in [0.2, 0.25) is 0 Å². The van der Waals surface area contributed by atoms with Crippen LogP contribution in [0.3, 0.4) is 0 Å². The lowest BCUT2D eigenvalue weighted by atomic mass is 9.48. The molecule has 0 radical (unpaired) electrons. The minimum atomic E-state index is -0.596. The lowest BCUT2D eigenvalue weighted by Crippen LogP contribution is -2.60. The summed E-state index contributed by atoms with van der Waals surface area (Å²) in [6.45, 7) is 16.2. The molecule has 3 amide bonds. The molecule has 3 atom stereocenters. The first-order valence-corrected chi connectivity index (χ1v) is 15.5. The number of carbonyl (C=O) groups excluding carboxylic acids is 3. The van der Waals surface area contributed by atoms with Crippen molar-refractivity contribution in [2.45, 2.75) is 129 Å². The molecule has 0 spiro atoms. The van der Waals surface area contributed by atoms with E-state index in [-0.39, 0.29) is 53.2 Å². The molecule has 226 valence electrons. The molecule has 4 aliphatic carbocycles. The van der Waals surface area contributed by atoms with E-state index in [0.717, 1.165) is 44.9 Å². The Bertz CT molecular complexity index is 988. The van der Waals surface area contributed by atoms with Gasteiger partial charge in [-0.3, -0.25) is 4.79 Å². The molecule has 6 rings (SSSR count). The van der Waals surface area contributed by atoms with Gasteiger partial charge in [-0.05, 0) is 124 Å². The second-order valence-electron chi connectivity index (χ2n) is 16.2. The van der Waals surface area contributed by atoms with Crippen molar-refractivity contribution in [1.29, 1.82) is 0 Å². The van der Waals surface area contributed by atoms with Crippen LogP contribution in [0.4, 0.5) is 9.59 Å². The number of carbonyl (C=O) groups is 3. The number of amides is 3. The Hall–Kier alpha value is -2.03. The highest BCUT2D eigenvalue weighted by Gasteiger charge is 2.59. The molecule has 3 N–H and O–H groups in total. The smallest absolute Gasteiger partial charge is 0.410 e. The van der Waals surface area contributed by atoms with Crippen LogP contribution in [0.15, 0.2) is 0 Å². The minimum Gasteiger partial charge on any atom is -0.446 e. The van der Waals surface area contributed by atoms with Crippen molar-refractivity contribution in [3.05, 3.63) is 0 Å². The molecule has 2 heterocycles. The van der Waals surface area contributed by atoms with E-state index >= 15 is 0 Å². The van der Waals surface area contributed by atoms with Crippen LogP contribution in [0.5, 0.6) is 0 Å². The third-order valence-electron chi connectivity index (χ3n) is 10.2. The summed E-state index contributed by atoms with van der Waals surface area (Å²) in [6, 6.07) is -0.111. The van der Waals surface area contributed by atoms with Gasteiger partial charge < -0.3 is 30.3 Å². The van der Waals surface area contributed by atoms with E-state index in [2.05, 4.69) is 33.0 Å². The van der Waals surface area contributed by atoms with Crippen LogP contribution >= 0.6 is 0 Å². The van der Waals surface area contributed by atoms with Crippen LogP contribution in [0.1, 0.15) is 99.8 Å². The van der Waals surface area contributed by atoms with Crippen molar-refractivity contribution in [1.82, 2.24) is 15.1 Å². The molecule has 9 heteroatoms. The molecule has 6 fully saturated rings. The largest absolute Gasteiger partial charge is 0.446 e. The summed E-state index contributed by atoms with van der Waals surface area (Å²) >= 11 is 0. The zero-order valence-electron chi connectivity index (χ0n) is 25.8. The van der Waals surface area contributed by atoms with Crippen LogP contribution < -0.4 is 11.1 Å². The van der Waals surface area contributed by atoms with E-state index in [1.165, 1.54) is 0 Å². The van der Waals surface area contributed by atoms with E-state index in [1.54, 1.807) is 4.90 Å². The number of nitrogens with two attached hydrogens (primary N) is 1. The monoisotopic (exact) mass is 560 g/mol. The van der Waals surface area contributed by atoms with Crippen molar-refractivity contribution < 1.29 is 23.9 Å². The third-order valence-corrected chi connectivity index (χ3v) is 10.2. The van der Waals surface area contributed by atoms with Gasteiger partial charge in [-0.25, -0.2) is 9.59 Å². The first-order chi connectivity index (χ1) is 18.4. The quantitative estimate of drug-likeness (QED) is 0.505. The van der Waals surface area contributed by atoms with E-state index in [1.807, 2.05) is 25.7 Å². The summed E-state index contributed by atoms with van der Waals surface area (Å²) in [4.78, 5) is 42.9. The van der Waals surface area contributed by atoms with Gasteiger partial charge in [0.25, 0.3) is 0 Å². The second kappa shape index (κ2) is 10.1. The molecule has 6 aliphatic rings. The summed E-state index contributed by atoms with van der Waals surface area (Å²) < 4.78 is 12.1. The van der Waals surface area contributed by atoms with E-state index < -0.39 is 11.0 Å². The summed E-state index contributed by atoms with van der Waals surface area (Å²) in [5.74, 6) is 1.09. The average Bonchev–Trinajstić information content (AvgIpc) is 3.26. The molecule has 0 aromatic heterocycles. The molecule has 4 bridgehead atoms. The van der Waals surface area contributed by atoms with E-state index in [0.29, 0.717) is 37.9 Å². The second-order valence-corrected chi connectivity index (χ2v) is 16.2. The van der Waals surface area contributed by atoms with Gasteiger partial charge >= 0.3 is 12.2 Å². The predicted molar refractivity (Wildman–Crippen MR) is 152 cm³/mol. The molecule has 40 heavy (non-hydrogen) atoms. The molecule has 9 nitrogen and oxygen atoms in total. The van der Waals surface area contributed by atoms with Crippen LogP contribution in [0.25, 0.3) is 0 Å². The molecule has 2 unspecified atom stereocenters. The highest BCUT2D eigenvalue weighted by molar-refractivity contribution is 5.81. The predicted octanol–water partition coefficient (Wildman–Crippen LogP) is 4.67. The fourth-order valence-corrected chi connectivity index (χ4v) is 9.46. The van der Waals surface area contributed by atoms with Crippen molar-refractivity contribution in [3.8, 4) is 0 Å². The zero-order chi connectivity index (χ0) is 29.3. The molecular weight excluding hydrogens is 508 g/mol. The maximum Gasteiger partial charge on any atom is 0.410 e.